The Morgan fingerprint density at radius 3 is 2.71 bits per heavy atom. The minimum Gasteiger partial charge on any atom is -0.350 e. The molecule has 0 bridgehead atoms. The molecule has 1 amide bonds. The van der Waals surface area contributed by atoms with Crippen molar-refractivity contribution in [3.63, 3.8) is 0 Å². The Balaban J connectivity index is 2.75. The van der Waals surface area contributed by atoms with E-state index in [9.17, 15) is 4.79 Å². The van der Waals surface area contributed by atoms with E-state index < -0.39 is 0 Å². The van der Waals surface area contributed by atoms with E-state index in [2.05, 4.69) is 24.1 Å². The number of carbonyl (C=O) groups excluding carboxylic acids is 1. The fourth-order valence-corrected chi connectivity index (χ4v) is 1.58. The molecule has 0 aromatic carbocycles. The van der Waals surface area contributed by atoms with Crippen LogP contribution in [0.25, 0.3) is 0 Å². The van der Waals surface area contributed by atoms with Gasteiger partial charge in [0.25, 0.3) is 5.91 Å². The van der Waals surface area contributed by atoms with Gasteiger partial charge in [-0.3, -0.25) is 9.78 Å². The number of nitrogens with zero attached hydrogens (tertiary/aromatic N) is 1. The molecule has 0 saturated heterocycles. The van der Waals surface area contributed by atoms with Crippen LogP contribution in [0.4, 0.5) is 0 Å². The van der Waals surface area contributed by atoms with E-state index in [1.54, 1.807) is 12.3 Å². The third-order valence-electron chi connectivity index (χ3n) is 2.75. The summed E-state index contributed by atoms with van der Waals surface area (Å²) in [6.07, 6.45) is 3.77. The van der Waals surface area contributed by atoms with Crippen LogP contribution in [0, 0.1) is 5.92 Å². The zero-order valence-corrected chi connectivity index (χ0v) is 11.2. The zero-order valence-electron chi connectivity index (χ0n) is 11.2. The summed E-state index contributed by atoms with van der Waals surface area (Å²) in [7, 11) is 0. The standard InChI is InChI=1S/C14H22N2O/c1-5-11(4)8-13-9-12(6-7-15-13)14(17)16-10(2)3/h6-7,9-11H,5,8H2,1-4H3,(H,16,17). The molecule has 1 aromatic rings. The highest BCUT2D eigenvalue weighted by Crippen LogP contribution is 2.11. The summed E-state index contributed by atoms with van der Waals surface area (Å²) in [5.41, 5.74) is 1.70. The third kappa shape index (κ3) is 4.55. The van der Waals surface area contributed by atoms with E-state index in [1.165, 1.54) is 0 Å². The summed E-state index contributed by atoms with van der Waals surface area (Å²) in [4.78, 5) is 16.1. The maximum absolute atomic E-state index is 11.8. The van der Waals surface area contributed by atoms with Crippen LogP contribution in [0.2, 0.25) is 0 Å². The first-order chi connectivity index (χ1) is 8.02. The first kappa shape index (κ1) is 13.7. The molecule has 0 aliphatic carbocycles. The molecule has 0 aliphatic rings. The van der Waals surface area contributed by atoms with Crippen molar-refractivity contribution in [1.29, 1.82) is 0 Å². The van der Waals surface area contributed by atoms with Gasteiger partial charge in [0.05, 0.1) is 0 Å². The second-order valence-electron chi connectivity index (χ2n) is 4.88. The SMILES string of the molecule is CCC(C)Cc1cc(C(=O)NC(C)C)ccn1. The average molecular weight is 234 g/mol. The second-order valence-corrected chi connectivity index (χ2v) is 4.88. The summed E-state index contributed by atoms with van der Waals surface area (Å²) < 4.78 is 0. The number of hydrogen-bond acceptors (Lipinski definition) is 2. The number of rotatable bonds is 5. The van der Waals surface area contributed by atoms with Gasteiger partial charge in [-0.25, -0.2) is 0 Å². The average Bonchev–Trinajstić information content (AvgIpc) is 2.28. The smallest absolute Gasteiger partial charge is 0.251 e. The lowest BCUT2D eigenvalue weighted by molar-refractivity contribution is 0.0943. The molecule has 0 spiro atoms. The molecule has 0 radical (unpaired) electrons. The van der Waals surface area contributed by atoms with Crippen molar-refractivity contribution in [2.75, 3.05) is 0 Å². The lowest BCUT2D eigenvalue weighted by Gasteiger charge is -2.10. The fourth-order valence-electron chi connectivity index (χ4n) is 1.58. The van der Waals surface area contributed by atoms with Crippen molar-refractivity contribution < 1.29 is 4.79 Å². The lowest BCUT2D eigenvalue weighted by Crippen LogP contribution is -2.30. The van der Waals surface area contributed by atoms with Gasteiger partial charge in [-0.05, 0) is 38.3 Å². The van der Waals surface area contributed by atoms with E-state index in [1.807, 2.05) is 19.9 Å². The predicted molar refractivity (Wildman–Crippen MR) is 70.0 cm³/mol. The molecule has 94 valence electrons. The van der Waals surface area contributed by atoms with Crippen LogP contribution in [-0.2, 0) is 6.42 Å². The van der Waals surface area contributed by atoms with Crippen LogP contribution in [0.15, 0.2) is 18.3 Å². The summed E-state index contributed by atoms with van der Waals surface area (Å²) in [6.45, 7) is 8.28. The summed E-state index contributed by atoms with van der Waals surface area (Å²) in [6, 6.07) is 3.82. The highest BCUT2D eigenvalue weighted by molar-refractivity contribution is 5.94. The molecule has 0 aliphatic heterocycles. The summed E-state index contributed by atoms with van der Waals surface area (Å²) in [5.74, 6) is 0.582. The van der Waals surface area contributed by atoms with Crippen LogP contribution < -0.4 is 5.32 Å². The van der Waals surface area contributed by atoms with Gasteiger partial charge >= 0.3 is 0 Å². The quantitative estimate of drug-likeness (QED) is 0.851. The highest BCUT2D eigenvalue weighted by atomic mass is 16.1. The Labute approximate surface area is 104 Å². The Bertz CT molecular complexity index is 374. The Morgan fingerprint density at radius 2 is 2.12 bits per heavy atom. The Morgan fingerprint density at radius 1 is 1.41 bits per heavy atom. The van der Waals surface area contributed by atoms with Gasteiger partial charge in [0.1, 0.15) is 0 Å². The van der Waals surface area contributed by atoms with Crippen molar-refractivity contribution in [1.82, 2.24) is 10.3 Å². The van der Waals surface area contributed by atoms with E-state index >= 15 is 0 Å². The van der Waals surface area contributed by atoms with Gasteiger partial charge in [-0.1, -0.05) is 20.3 Å². The molecule has 3 nitrogen and oxygen atoms in total. The number of carbonyl (C=O) groups is 1. The predicted octanol–water partition coefficient (Wildman–Crippen LogP) is 2.81. The first-order valence-electron chi connectivity index (χ1n) is 6.28. The van der Waals surface area contributed by atoms with Gasteiger partial charge in [-0.2, -0.15) is 0 Å². The summed E-state index contributed by atoms with van der Waals surface area (Å²) in [5, 5.41) is 2.89. The van der Waals surface area contributed by atoms with Crippen LogP contribution in [0.3, 0.4) is 0 Å². The molecule has 1 rings (SSSR count). The van der Waals surface area contributed by atoms with Gasteiger partial charge in [0.15, 0.2) is 0 Å². The molecule has 0 fully saturated rings. The van der Waals surface area contributed by atoms with Gasteiger partial charge in [0.2, 0.25) is 0 Å². The van der Waals surface area contributed by atoms with Crippen molar-refractivity contribution >= 4 is 5.91 Å². The molecule has 0 saturated carbocycles. The zero-order chi connectivity index (χ0) is 12.8. The molecule has 1 aromatic heterocycles. The lowest BCUT2D eigenvalue weighted by atomic mass is 10.0. The molecule has 17 heavy (non-hydrogen) atoms. The summed E-state index contributed by atoms with van der Waals surface area (Å²) >= 11 is 0. The first-order valence-corrected chi connectivity index (χ1v) is 6.28. The second kappa shape index (κ2) is 6.38. The van der Waals surface area contributed by atoms with Crippen LogP contribution >= 0.6 is 0 Å². The maximum atomic E-state index is 11.8. The molecule has 1 N–H and O–H groups in total. The Kier molecular flexibility index (Phi) is 5.13. The van der Waals surface area contributed by atoms with E-state index in [0.717, 1.165) is 18.5 Å². The monoisotopic (exact) mass is 234 g/mol. The largest absolute Gasteiger partial charge is 0.350 e. The van der Waals surface area contributed by atoms with Crippen molar-refractivity contribution in [2.24, 2.45) is 5.92 Å². The molecular formula is C14H22N2O. The van der Waals surface area contributed by atoms with Crippen molar-refractivity contribution in [3.8, 4) is 0 Å². The number of amides is 1. The Hall–Kier alpha value is -1.38. The van der Waals surface area contributed by atoms with E-state index in [0.29, 0.717) is 11.5 Å². The van der Waals surface area contributed by atoms with Gasteiger partial charge in [0, 0.05) is 23.5 Å². The van der Waals surface area contributed by atoms with Crippen LogP contribution in [-0.4, -0.2) is 16.9 Å². The van der Waals surface area contributed by atoms with Crippen LogP contribution in [0.5, 0.6) is 0 Å². The van der Waals surface area contributed by atoms with Crippen molar-refractivity contribution in [3.05, 3.63) is 29.6 Å². The molecule has 1 heterocycles. The van der Waals surface area contributed by atoms with Gasteiger partial charge < -0.3 is 5.32 Å². The minimum absolute atomic E-state index is 0.0206. The molecule has 1 unspecified atom stereocenters. The molecule has 1 atom stereocenters. The number of aromatic nitrogens is 1. The number of nitrogens with one attached hydrogen (secondary N) is 1. The number of hydrogen-bond donors (Lipinski definition) is 1. The van der Waals surface area contributed by atoms with Crippen LogP contribution in [0.1, 0.15) is 50.2 Å². The fraction of sp³-hybridized carbons (Fsp3) is 0.571. The third-order valence-corrected chi connectivity index (χ3v) is 2.75. The maximum Gasteiger partial charge on any atom is 0.251 e. The highest BCUT2D eigenvalue weighted by Gasteiger charge is 2.09. The van der Waals surface area contributed by atoms with E-state index in [4.69, 9.17) is 0 Å². The normalized spacial score (nSPS) is 12.5. The van der Waals surface area contributed by atoms with Crippen molar-refractivity contribution in [2.45, 2.75) is 46.6 Å². The topological polar surface area (TPSA) is 42.0 Å². The molecular weight excluding hydrogens is 212 g/mol. The van der Waals surface area contributed by atoms with E-state index in [-0.39, 0.29) is 11.9 Å². The minimum atomic E-state index is -0.0206. The van der Waals surface area contributed by atoms with Gasteiger partial charge in [-0.15, -0.1) is 0 Å². The number of pyridine rings is 1. The molecule has 3 heteroatoms.